The minimum absolute atomic E-state index is 0.490. The zero-order valence-electron chi connectivity index (χ0n) is 16.6. The molecule has 0 amide bonds. The predicted octanol–water partition coefficient (Wildman–Crippen LogP) is 2.71. The Kier molecular flexibility index (Phi) is 5.71. The maximum atomic E-state index is 5.31. The maximum absolute atomic E-state index is 5.31. The fraction of sp³-hybridized carbons (Fsp3) is 0.286. The SMILES string of the molecule is COc1cc(Nc2nccc(-c3ccc(N4CCNCC4)nc3)n2)cc(OC)c1. The Labute approximate surface area is 169 Å². The molecular weight excluding hydrogens is 368 g/mol. The zero-order valence-corrected chi connectivity index (χ0v) is 16.6. The fourth-order valence-electron chi connectivity index (χ4n) is 3.21. The Hall–Kier alpha value is -3.39. The van der Waals surface area contributed by atoms with Crippen molar-refractivity contribution in [3.8, 4) is 22.8 Å². The van der Waals surface area contributed by atoms with Crippen LogP contribution in [0.25, 0.3) is 11.3 Å². The summed E-state index contributed by atoms with van der Waals surface area (Å²) in [5.74, 6) is 2.86. The van der Waals surface area contributed by atoms with Gasteiger partial charge in [-0.15, -0.1) is 0 Å². The van der Waals surface area contributed by atoms with Crippen molar-refractivity contribution in [3.05, 3.63) is 48.8 Å². The van der Waals surface area contributed by atoms with Gasteiger partial charge in [0.25, 0.3) is 0 Å². The molecule has 29 heavy (non-hydrogen) atoms. The number of benzene rings is 1. The van der Waals surface area contributed by atoms with Crippen LogP contribution in [-0.2, 0) is 0 Å². The average Bonchev–Trinajstić information content (AvgIpc) is 2.79. The first-order valence-corrected chi connectivity index (χ1v) is 9.50. The number of hydrogen-bond acceptors (Lipinski definition) is 8. The normalized spacial score (nSPS) is 13.8. The summed E-state index contributed by atoms with van der Waals surface area (Å²) in [5.41, 5.74) is 2.53. The quantitative estimate of drug-likeness (QED) is 0.662. The highest BCUT2D eigenvalue weighted by molar-refractivity contribution is 5.64. The topological polar surface area (TPSA) is 84.4 Å². The van der Waals surface area contributed by atoms with Crippen LogP contribution in [-0.4, -0.2) is 55.4 Å². The summed E-state index contributed by atoms with van der Waals surface area (Å²) in [7, 11) is 3.24. The Morgan fingerprint density at radius 2 is 1.72 bits per heavy atom. The molecule has 3 heterocycles. The van der Waals surface area contributed by atoms with Gasteiger partial charge in [-0.1, -0.05) is 0 Å². The molecule has 0 saturated carbocycles. The second-order valence-corrected chi connectivity index (χ2v) is 6.63. The van der Waals surface area contributed by atoms with Crippen molar-refractivity contribution in [1.82, 2.24) is 20.3 Å². The van der Waals surface area contributed by atoms with Crippen molar-refractivity contribution in [2.45, 2.75) is 0 Å². The molecule has 1 fully saturated rings. The van der Waals surface area contributed by atoms with Gasteiger partial charge in [0, 0.05) is 68.0 Å². The first-order valence-electron chi connectivity index (χ1n) is 9.50. The summed E-state index contributed by atoms with van der Waals surface area (Å²) >= 11 is 0. The molecule has 2 aromatic heterocycles. The Morgan fingerprint density at radius 1 is 0.966 bits per heavy atom. The lowest BCUT2D eigenvalue weighted by Crippen LogP contribution is -2.43. The molecule has 0 radical (unpaired) electrons. The summed E-state index contributed by atoms with van der Waals surface area (Å²) in [4.78, 5) is 15.8. The lowest BCUT2D eigenvalue weighted by Gasteiger charge is -2.28. The van der Waals surface area contributed by atoms with Crippen molar-refractivity contribution >= 4 is 17.5 Å². The number of pyridine rings is 1. The van der Waals surface area contributed by atoms with E-state index in [4.69, 9.17) is 9.47 Å². The molecule has 0 bridgehead atoms. The first-order chi connectivity index (χ1) is 14.2. The predicted molar refractivity (Wildman–Crippen MR) is 113 cm³/mol. The second kappa shape index (κ2) is 8.74. The minimum Gasteiger partial charge on any atom is -0.497 e. The van der Waals surface area contributed by atoms with Gasteiger partial charge in [0.15, 0.2) is 0 Å². The van der Waals surface area contributed by atoms with E-state index in [0.717, 1.165) is 48.9 Å². The molecule has 150 valence electrons. The van der Waals surface area contributed by atoms with E-state index in [1.807, 2.05) is 42.6 Å². The molecule has 4 rings (SSSR count). The van der Waals surface area contributed by atoms with E-state index < -0.39 is 0 Å². The van der Waals surface area contributed by atoms with Gasteiger partial charge in [0.05, 0.1) is 19.9 Å². The minimum atomic E-state index is 0.490. The van der Waals surface area contributed by atoms with Gasteiger partial charge in [0.2, 0.25) is 5.95 Å². The van der Waals surface area contributed by atoms with E-state index in [9.17, 15) is 0 Å². The van der Waals surface area contributed by atoms with Gasteiger partial charge < -0.3 is 25.0 Å². The van der Waals surface area contributed by atoms with Crippen LogP contribution < -0.4 is 25.0 Å². The maximum Gasteiger partial charge on any atom is 0.227 e. The number of methoxy groups -OCH3 is 2. The number of nitrogens with one attached hydrogen (secondary N) is 2. The lowest BCUT2D eigenvalue weighted by atomic mass is 10.2. The molecule has 1 saturated heterocycles. The molecule has 3 aromatic rings. The molecule has 0 spiro atoms. The third kappa shape index (κ3) is 4.55. The van der Waals surface area contributed by atoms with Crippen LogP contribution in [0.15, 0.2) is 48.8 Å². The smallest absolute Gasteiger partial charge is 0.227 e. The number of nitrogens with zero attached hydrogens (tertiary/aromatic N) is 4. The first kappa shape index (κ1) is 18.9. The van der Waals surface area contributed by atoms with Gasteiger partial charge in [0.1, 0.15) is 17.3 Å². The van der Waals surface area contributed by atoms with E-state index >= 15 is 0 Å². The van der Waals surface area contributed by atoms with E-state index in [-0.39, 0.29) is 0 Å². The number of rotatable bonds is 6. The van der Waals surface area contributed by atoms with Crippen molar-refractivity contribution < 1.29 is 9.47 Å². The lowest BCUT2D eigenvalue weighted by molar-refractivity contribution is 0.395. The van der Waals surface area contributed by atoms with E-state index in [1.54, 1.807) is 20.4 Å². The number of aromatic nitrogens is 3. The van der Waals surface area contributed by atoms with Crippen LogP contribution in [0, 0.1) is 0 Å². The molecule has 2 N–H and O–H groups in total. The number of anilines is 3. The second-order valence-electron chi connectivity index (χ2n) is 6.63. The summed E-state index contributed by atoms with van der Waals surface area (Å²) in [6, 6.07) is 11.5. The molecular formula is C21H24N6O2. The third-order valence-corrected chi connectivity index (χ3v) is 4.75. The Morgan fingerprint density at radius 3 is 2.38 bits per heavy atom. The monoisotopic (exact) mass is 392 g/mol. The highest BCUT2D eigenvalue weighted by atomic mass is 16.5. The standard InChI is InChI=1S/C21H24N6O2/c1-28-17-11-16(12-18(13-17)29-2)25-21-23-6-5-19(26-21)15-3-4-20(24-14-15)27-9-7-22-8-10-27/h3-6,11-14,22H,7-10H2,1-2H3,(H,23,25,26). The summed E-state index contributed by atoms with van der Waals surface area (Å²) in [6.07, 6.45) is 3.59. The van der Waals surface area contributed by atoms with Crippen LogP contribution in [0.4, 0.5) is 17.5 Å². The Bertz CT molecular complexity index is 935. The van der Waals surface area contributed by atoms with Crippen molar-refractivity contribution in [3.63, 3.8) is 0 Å². The number of piperazine rings is 1. The number of ether oxygens (including phenoxy) is 2. The summed E-state index contributed by atoms with van der Waals surface area (Å²) in [5, 5.41) is 6.56. The van der Waals surface area contributed by atoms with Gasteiger partial charge in [-0.2, -0.15) is 0 Å². The molecule has 1 aliphatic heterocycles. The molecule has 0 atom stereocenters. The van der Waals surface area contributed by atoms with Crippen LogP contribution >= 0.6 is 0 Å². The van der Waals surface area contributed by atoms with Crippen molar-refractivity contribution in [2.24, 2.45) is 0 Å². The zero-order chi connectivity index (χ0) is 20.1. The van der Waals surface area contributed by atoms with Crippen molar-refractivity contribution in [1.29, 1.82) is 0 Å². The van der Waals surface area contributed by atoms with E-state index in [0.29, 0.717) is 17.4 Å². The van der Waals surface area contributed by atoms with E-state index in [1.165, 1.54) is 0 Å². The highest BCUT2D eigenvalue weighted by Gasteiger charge is 2.12. The van der Waals surface area contributed by atoms with Gasteiger partial charge in [-0.05, 0) is 18.2 Å². The van der Waals surface area contributed by atoms with Gasteiger partial charge in [-0.3, -0.25) is 0 Å². The van der Waals surface area contributed by atoms with Crippen molar-refractivity contribution in [2.75, 3.05) is 50.6 Å². The summed E-state index contributed by atoms with van der Waals surface area (Å²) < 4.78 is 10.6. The third-order valence-electron chi connectivity index (χ3n) is 4.75. The molecule has 8 heteroatoms. The van der Waals surface area contributed by atoms with Gasteiger partial charge >= 0.3 is 0 Å². The molecule has 1 aliphatic rings. The molecule has 8 nitrogen and oxygen atoms in total. The summed E-state index contributed by atoms with van der Waals surface area (Å²) in [6.45, 7) is 3.91. The van der Waals surface area contributed by atoms with Gasteiger partial charge in [-0.25, -0.2) is 15.0 Å². The number of hydrogen-bond donors (Lipinski definition) is 2. The largest absolute Gasteiger partial charge is 0.497 e. The average molecular weight is 392 g/mol. The Balaban J connectivity index is 1.53. The molecule has 0 aliphatic carbocycles. The fourth-order valence-corrected chi connectivity index (χ4v) is 3.21. The van der Waals surface area contributed by atoms with E-state index in [2.05, 4.69) is 30.5 Å². The van der Waals surface area contributed by atoms with Crippen LogP contribution in [0.2, 0.25) is 0 Å². The molecule has 1 aromatic carbocycles. The van der Waals surface area contributed by atoms with Crippen LogP contribution in [0.3, 0.4) is 0 Å². The molecule has 0 unspecified atom stereocenters. The van der Waals surface area contributed by atoms with Crippen LogP contribution in [0.1, 0.15) is 0 Å². The van der Waals surface area contributed by atoms with Crippen LogP contribution in [0.5, 0.6) is 11.5 Å². The highest BCUT2D eigenvalue weighted by Crippen LogP contribution is 2.28.